The second-order valence-electron chi connectivity index (χ2n) is 6.38. The summed E-state index contributed by atoms with van der Waals surface area (Å²) in [6.45, 7) is 0.0819. The Kier molecular flexibility index (Phi) is 6.98. The van der Waals surface area contributed by atoms with E-state index in [0.717, 1.165) is 4.31 Å². The molecule has 10 heteroatoms. The quantitative estimate of drug-likeness (QED) is 0.405. The maximum Gasteiger partial charge on any atom is 0.312 e. The minimum atomic E-state index is -3.76. The molecule has 0 fully saturated rings. The maximum atomic E-state index is 12.7. The number of carbonyl (C=O) groups is 2. The number of sulfonamides is 1. The van der Waals surface area contributed by atoms with Crippen molar-refractivity contribution in [2.45, 2.75) is 11.3 Å². The Hall–Kier alpha value is -3.30. The van der Waals surface area contributed by atoms with Crippen molar-refractivity contribution in [3.8, 4) is 5.75 Å². The number of esters is 1. The highest BCUT2D eigenvalue weighted by atomic mass is 35.5. The summed E-state index contributed by atoms with van der Waals surface area (Å²) < 4.78 is 36.7. The number of ether oxygens (including phenoxy) is 1. The number of anilines is 1. The average molecular weight is 463 g/mol. The second kappa shape index (κ2) is 9.67. The van der Waals surface area contributed by atoms with E-state index in [1.54, 1.807) is 6.07 Å². The van der Waals surface area contributed by atoms with Crippen molar-refractivity contribution >= 4 is 39.2 Å². The Morgan fingerprint density at radius 1 is 1.06 bits per heavy atom. The summed E-state index contributed by atoms with van der Waals surface area (Å²) >= 11 is 5.81. The molecule has 0 spiro atoms. The zero-order chi connectivity index (χ0) is 22.4. The molecule has 1 aromatic heterocycles. The molecule has 0 unspecified atom stereocenters. The number of hydrogen-bond acceptors (Lipinski definition) is 6. The molecule has 31 heavy (non-hydrogen) atoms. The third-order valence-corrected chi connectivity index (χ3v) is 6.32. The van der Waals surface area contributed by atoms with Crippen molar-refractivity contribution in [1.82, 2.24) is 5.32 Å². The maximum absolute atomic E-state index is 12.7. The Balaban J connectivity index is 1.55. The Bertz CT molecular complexity index is 1140. The number of furan rings is 1. The highest BCUT2D eigenvalue weighted by Gasteiger charge is 2.21. The van der Waals surface area contributed by atoms with Crippen molar-refractivity contribution < 1.29 is 27.2 Å². The molecule has 1 N–H and O–H groups in total. The lowest BCUT2D eigenvalue weighted by molar-refractivity contribution is -0.134. The summed E-state index contributed by atoms with van der Waals surface area (Å²) in [6.07, 6.45) is 1.34. The predicted molar refractivity (Wildman–Crippen MR) is 115 cm³/mol. The van der Waals surface area contributed by atoms with Gasteiger partial charge < -0.3 is 14.5 Å². The number of amides is 1. The van der Waals surface area contributed by atoms with Gasteiger partial charge in [0.25, 0.3) is 15.9 Å². The van der Waals surface area contributed by atoms with E-state index in [-0.39, 0.29) is 29.4 Å². The van der Waals surface area contributed by atoms with Crippen LogP contribution in [0.1, 0.15) is 17.0 Å². The van der Waals surface area contributed by atoms with E-state index in [1.165, 1.54) is 67.9 Å². The Morgan fingerprint density at radius 3 is 2.35 bits per heavy atom. The van der Waals surface area contributed by atoms with Gasteiger partial charge in [0.15, 0.2) is 5.76 Å². The average Bonchev–Trinajstić information content (AvgIpc) is 3.29. The van der Waals surface area contributed by atoms with Crippen LogP contribution in [0.25, 0.3) is 0 Å². The summed E-state index contributed by atoms with van der Waals surface area (Å²) in [5, 5.41) is 2.98. The van der Waals surface area contributed by atoms with Crippen LogP contribution in [0, 0.1) is 0 Å². The van der Waals surface area contributed by atoms with Crippen LogP contribution in [0.4, 0.5) is 5.69 Å². The highest BCUT2D eigenvalue weighted by molar-refractivity contribution is 7.92. The highest BCUT2D eigenvalue weighted by Crippen LogP contribution is 2.25. The summed E-state index contributed by atoms with van der Waals surface area (Å²) in [4.78, 5) is 23.8. The number of nitrogens with zero attached hydrogens (tertiary/aromatic N) is 1. The largest absolute Gasteiger partial charge is 0.459 e. The van der Waals surface area contributed by atoms with Crippen molar-refractivity contribution in [3.05, 3.63) is 77.7 Å². The normalized spacial score (nSPS) is 11.0. The fraction of sp³-hybridized carbons (Fsp3) is 0.143. The lowest BCUT2D eigenvalue weighted by atomic mass is 10.3. The van der Waals surface area contributed by atoms with E-state index in [0.29, 0.717) is 10.7 Å². The van der Waals surface area contributed by atoms with Gasteiger partial charge in [-0.25, -0.2) is 8.42 Å². The van der Waals surface area contributed by atoms with Crippen LogP contribution in [-0.2, 0) is 14.8 Å². The Labute approximate surface area is 184 Å². The van der Waals surface area contributed by atoms with Crippen LogP contribution in [0.5, 0.6) is 5.75 Å². The number of rotatable bonds is 8. The summed E-state index contributed by atoms with van der Waals surface area (Å²) in [7, 11) is -2.34. The number of nitrogens with one attached hydrogen (secondary N) is 1. The standard InChI is InChI=1S/C21H19ClN2O6S/c1-24(31(27,28)18-10-4-15(22)5-11-18)16-6-8-17(9-7-16)30-20(25)12-13-23-21(26)19-3-2-14-29-19/h2-11,14H,12-13H2,1H3,(H,23,26). The van der Waals surface area contributed by atoms with E-state index in [1.807, 2.05) is 0 Å². The van der Waals surface area contributed by atoms with Crippen LogP contribution < -0.4 is 14.4 Å². The molecule has 0 aliphatic heterocycles. The van der Waals surface area contributed by atoms with E-state index in [4.69, 9.17) is 20.8 Å². The Morgan fingerprint density at radius 2 is 1.74 bits per heavy atom. The molecule has 0 saturated carbocycles. The first-order valence-electron chi connectivity index (χ1n) is 9.14. The first kappa shape index (κ1) is 22.4. The first-order chi connectivity index (χ1) is 14.8. The summed E-state index contributed by atoms with van der Waals surface area (Å²) in [5.41, 5.74) is 0.389. The predicted octanol–water partition coefficient (Wildman–Crippen LogP) is 3.48. The first-order valence-corrected chi connectivity index (χ1v) is 11.0. The fourth-order valence-corrected chi connectivity index (χ4v) is 3.90. The molecule has 3 rings (SSSR count). The summed E-state index contributed by atoms with van der Waals surface area (Å²) in [6, 6.07) is 15.0. The molecule has 1 amide bonds. The lowest BCUT2D eigenvalue weighted by Crippen LogP contribution is -2.27. The second-order valence-corrected chi connectivity index (χ2v) is 8.78. The topological polar surface area (TPSA) is 106 Å². The van der Waals surface area contributed by atoms with Gasteiger partial charge in [0.05, 0.1) is 23.3 Å². The molecule has 0 aliphatic rings. The van der Waals surface area contributed by atoms with Gasteiger partial charge in [-0.3, -0.25) is 13.9 Å². The van der Waals surface area contributed by atoms with Gasteiger partial charge in [-0.05, 0) is 60.7 Å². The van der Waals surface area contributed by atoms with Gasteiger partial charge in [0.2, 0.25) is 0 Å². The van der Waals surface area contributed by atoms with Crippen molar-refractivity contribution in [1.29, 1.82) is 0 Å². The van der Waals surface area contributed by atoms with Gasteiger partial charge in [-0.1, -0.05) is 11.6 Å². The van der Waals surface area contributed by atoms with Crippen molar-refractivity contribution in [3.63, 3.8) is 0 Å². The fourth-order valence-electron chi connectivity index (χ4n) is 2.58. The van der Waals surface area contributed by atoms with Crippen LogP contribution in [0.3, 0.4) is 0 Å². The zero-order valence-electron chi connectivity index (χ0n) is 16.4. The van der Waals surface area contributed by atoms with Crippen LogP contribution in [-0.4, -0.2) is 33.9 Å². The molecule has 0 saturated heterocycles. The smallest absolute Gasteiger partial charge is 0.312 e. The molecule has 0 aliphatic carbocycles. The van der Waals surface area contributed by atoms with Gasteiger partial charge >= 0.3 is 5.97 Å². The minimum Gasteiger partial charge on any atom is -0.459 e. The third kappa shape index (κ3) is 5.65. The number of benzene rings is 2. The van der Waals surface area contributed by atoms with Crippen LogP contribution in [0.15, 0.2) is 76.2 Å². The van der Waals surface area contributed by atoms with Crippen LogP contribution in [0.2, 0.25) is 5.02 Å². The molecule has 1 heterocycles. The number of hydrogen-bond donors (Lipinski definition) is 1. The molecular weight excluding hydrogens is 444 g/mol. The zero-order valence-corrected chi connectivity index (χ0v) is 18.0. The molecular formula is C21H19ClN2O6S. The monoisotopic (exact) mass is 462 g/mol. The molecule has 162 valence electrons. The minimum absolute atomic E-state index is 0.0426. The van der Waals surface area contributed by atoms with Crippen molar-refractivity contribution in [2.24, 2.45) is 0 Å². The van der Waals surface area contributed by atoms with Gasteiger partial charge in [-0.2, -0.15) is 0 Å². The van der Waals surface area contributed by atoms with Crippen molar-refractivity contribution in [2.75, 3.05) is 17.9 Å². The lowest BCUT2D eigenvalue weighted by Gasteiger charge is -2.19. The summed E-state index contributed by atoms with van der Waals surface area (Å²) in [5.74, 6) is -0.563. The third-order valence-electron chi connectivity index (χ3n) is 4.26. The van der Waals surface area contributed by atoms with Crippen LogP contribution >= 0.6 is 11.6 Å². The SMILES string of the molecule is CN(c1ccc(OC(=O)CCNC(=O)c2ccco2)cc1)S(=O)(=O)c1ccc(Cl)cc1. The molecule has 0 radical (unpaired) electrons. The van der Waals surface area contributed by atoms with Gasteiger partial charge in [-0.15, -0.1) is 0 Å². The van der Waals surface area contributed by atoms with E-state index in [9.17, 15) is 18.0 Å². The number of halogens is 1. The molecule has 3 aromatic rings. The molecule has 2 aromatic carbocycles. The molecule has 8 nitrogen and oxygen atoms in total. The number of carbonyl (C=O) groups excluding carboxylic acids is 2. The van der Waals surface area contributed by atoms with E-state index < -0.39 is 21.9 Å². The molecule has 0 bridgehead atoms. The van der Waals surface area contributed by atoms with E-state index in [2.05, 4.69) is 5.32 Å². The molecule has 0 atom stereocenters. The van der Waals surface area contributed by atoms with E-state index >= 15 is 0 Å². The van der Waals surface area contributed by atoms with Gasteiger partial charge in [0, 0.05) is 18.6 Å². The van der Waals surface area contributed by atoms with Gasteiger partial charge in [0.1, 0.15) is 5.75 Å².